The first-order chi connectivity index (χ1) is 7.69. The molecule has 0 aliphatic carbocycles. The first kappa shape index (κ1) is 13.0. The summed E-state index contributed by atoms with van der Waals surface area (Å²) in [5.74, 6) is 4.90. The highest BCUT2D eigenvalue weighted by molar-refractivity contribution is 8.00. The third kappa shape index (κ3) is 3.52. The first-order valence-corrected chi connectivity index (χ1v) is 5.95. The molecule has 0 saturated carbocycles. The van der Waals surface area contributed by atoms with E-state index in [-0.39, 0.29) is 23.0 Å². The molecule has 5 heteroatoms. The number of carbonyl (C=O) groups excluding carboxylic acids is 1. The number of carbonyl (C=O) groups is 1. The molecule has 1 rings (SSSR count). The van der Waals surface area contributed by atoms with Crippen LogP contribution in [0.2, 0.25) is 0 Å². The maximum absolute atomic E-state index is 11.6. The molecule has 16 heavy (non-hydrogen) atoms. The van der Waals surface area contributed by atoms with Gasteiger partial charge < -0.3 is 5.11 Å². The van der Waals surface area contributed by atoms with Crippen molar-refractivity contribution in [1.82, 2.24) is 5.43 Å². The van der Waals surface area contributed by atoms with Gasteiger partial charge in [0, 0.05) is 5.25 Å². The SMILES string of the molecule is CC(CO)SC(C(=O)NN)c1ccccc1. The zero-order valence-electron chi connectivity index (χ0n) is 9.09. The number of hydrogen-bond acceptors (Lipinski definition) is 4. The van der Waals surface area contributed by atoms with Crippen LogP contribution in [0.3, 0.4) is 0 Å². The monoisotopic (exact) mass is 240 g/mol. The van der Waals surface area contributed by atoms with Gasteiger partial charge in [0.2, 0.25) is 0 Å². The molecule has 2 atom stereocenters. The number of aliphatic hydroxyl groups is 1. The summed E-state index contributed by atoms with van der Waals surface area (Å²) in [6, 6.07) is 9.38. The second-order valence-electron chi connectivity index (χ2n) is 3.43. The molecule has 0 spiro atoms. The highest BCUT2D eigenvalue weighted by atomic mass is 32.2. The van der Waals surface area contributed by atoms with Gasteiger partial charge in [-0.25, -0.2) is 5.84 Å². The minimum Gasteiger partial charge on any atom is -0.395 e. The summed E-state index contributed by atoms with van der Waals surface area (Å²) >= 11 is 1.39. The average molecular weight is 240 g/mol. The maximum atomic E-state index is 11.6. The first-order valence-electron chi connectivity index (χ1n) is 5.00. The number of aliphatic hydroxyl groups excluding tert-OH is 1. The average Bonchev–Trinajstić information content (AvgIpc) is 2.35. The Bertz CT molecular complexity index is 332. The summed E-state index contributed by atoms with van der Waals surface area (Å²) in [7, 11) is 0. The molecular weight excluding hydrogens is 224 g/mol. The van der Waals surface area contributed by atoms with E-state index in [1.807, 2.05) is 37.3 Å². The van der Waals surface area contributed by atoms with E-state index in [2.05, 4.69) is 5.43 Å². The normalized spacial score (nSPS) is 14.2. The van der Waals surface area contributed by atoms with Crippen LogP contribution in [0.5, 0.6) is 0 Å². The van der Waals surface area contributed by atoms with Gasteiger partial charge in [-0.1, -0.05) is 37.3 Å². The maximum Gasteiger partial charge on any atom is 0.251 e. The third-order valence-corrected chi connectivity index (χ3v) is 3.48. The minimum atomic E-state index is -0.381. The number of amides is 1. The lowest BCUT2D eigenvalue weighted by Crippen LogP contribution is -2.34. The lowest BCUT2D eigenvalue weighted by molar-refractivity contribution is -0.120. The highest BCUT2D eigenvalue weighted by Crippen LogP contribution is 2.31. The van der Waals surface area contributed by atoms with Crippen LogP contribution in [-0.2, 0) is 4.79 Å². The standard InChI is InChI=1S/C11H16N2O2S/c1-8(7-14)16-10(11(15)13-12)9-5-3-2-4-6-9/h2-6,8,10,14H,7,12H2,1H3,(H,13,15). The van der Waals surface area contributed by atoms with Crippen LogP contribution in [0, 0.1) is 0 Å². The molecule has 0 aromatic heterocycles. The summed E-state index contributed by atoms with van der Waals surface area (Å²) < 4.78 is 0. The second-order valence-corrected chi connectivity index (χ2v) is 4.98. The quantitative estimate of drug-likeness (QED) is 0.405. The van der Waals surface area contributed by atoms with Crippen LogP contribution in [0.4, 0.5) is 0 Å². The second kappa shape index (κ2) is 6.52. The lowest BCUT2D eigenvalue weighted by Gasteiger charge is -2.18. The largest absolute Gasteiger partial charge is 0.395 e. The van der Waals surface area contributed by atoms with Crippen LogP contribution in [0.25, 0.3) is 0 Å². The van der Waals surface area contributed by atoms with E-state index < -0.39 is 0 Å². The van der Waals surface area contributed by atoms with Crippen molar-refractivity contribution in [3.8, 4) is 0 Å². The minimum absolute atomic E-state index is 0.0116. The molecule has 1 aromatic rings. The van der Waals surface area contributed by atoms with Crippen molar-refractivity contribution in [2.24, 2.45) is 5.84 Å². The molecule has 0 radical (unpaired) electrons. The Labute approximate surface area is 99.2 Å². The van der Waals surface area contributed by atoms with E-state index >= 15 is 0 Å². The Morgan fingerprint density at radius 3 is 2.62 bits per heavy atom. The summed E-state index contributed by atoms with van der Waals surface area (Å²) in [6.07, 6.45) is 0. The number of rotatable bonds is 5. The Morgan fingerprint density at radius 1 is 1.50 bits per heavy atom. The Balaban J connectivity index is 2.84. The molecule has 0 bridgehead atoms. The molecule has 0 aliphatic rings. The Hall–Kier alpha value is -1.04. The fourth-order valence-corrected chi connectivity index (χ4v) is 2.33. The van der Waals surface area contributed by atoms with E-state index in [1.54, 1.807) is 0 Å². The molecule has 1 aromatic carbocycles. The molecule has 0 saturated heterocycles. The van der Waals surface area contributed by atoms with E-state index in [4.69, 9.17) is 10.9 Å². The summed E-state index contributed by atoms with van der Waals surface area (Å²) in [4.78, 5) is 11.6. The highest BCUT2D eigenvalue weighted by Gasteiger charge is 2.22. The smallest absolute Gasteiger partial charge is 0.251 e. The van der Waals surface area contributed by atoms with Crippen LogP contribution >= 0.6 is 11.8 Å². The van der Waals surface area contributed by atoms with E-state index in [9.17, 15) is 4.79 Å². The summed E-state index contributed by atoms with van der Waals surface area (Å²) in [5, 5.41) is 8.61. The van der Waals surface area contributed by atoms with Crippen LogP contribution in [0.15, 0.2) is 30.3 Å². The van der Waals surface area contributed by atoms with Crippen LogP contribution < -0.4 is 11.3 Å². The fraction of sp³-hybridized carbons (Fsp3) is 0.364. The number of nitrogens with one attached hydrogen (secondary N) is 1. The van der Waals surface area contributed by atoms with Crippen LogP contribution in [-0.4, -0.2) is 22.9 Å². The van der Waals surface area contributed by atoms with Crippen molar-refractivity contribution in [3.63, 3.8) is 0 Å². The predicted octanol–water partition coefficient (Wildman–Crippen LogP) is 0.832. The van der Waals surface area contributed by atoms with Gasteiger partial charge in [0.25, 0.3) is 5.91 Å². The predicted molar refractivity (Wildman–Crippen MR) is 65.7 cm³/mol. The molecule has 2 unspecified atom stereocenters. The number of nitrogens with two attached hydrogens (primary N) is 1. The molecule has 4 N–H and O–H groups in total. The van der Waals surface area contributed by atoms with E-state index in [1.165, 1.54) is 11.8 Å². The van der Waals surface area contributed by atoms with Crippen molar-refractivity contribution in [2.75, 3.05) is 6.61 Å². The Morgan fingerprint density at radius 2 is 2.12 bits per heavy atom. The Kier molecular flexibility index (Phi) is 5.31. The molecule has 0 fully saturated rings. The van der Waals surface area contributed by atoms with Crippen molar-refractivity contribution in [2.45, 2.75) is 17.4 Å². The topological polar surface area (TPSA) is 75.3 Å². The molecule has 4 nitrogen and oxygen atoms in total. The zero-order chi connectivity index (χ0) is 12.0. The van der Waals surface area contributed by atoms with Gasteiger partial charge in [0.05, 0.1) is 6.61 Å². The fourth-order valence-electron chi connectivity index (χ4n) is 1.27. The van der Waals surface area contributed by atoms with Crippen molar-refractivity contribution in [1.29, 1.82) is 0 Å². The van der Waals surface area contributed by atoms with E-state index in [0.717, 1.165) is 5.56 Å². The van der Waals surface area contributed by atoms with Gasteiger partial charge >= 0.3 is 0 Å². The van der Waals surface area contributed by atoms with Crippen molar-refractivity contribution >= 4 is 17.7 Å². The third-order valence-electron chi connectivity index (χ3n) is 2.11. The number of hydrogen-bond donors (Lipinski definition) is 3. The summed E-state index contributed by atoms with van der Waals surface area (Å²) in [5.41, 5.74) is 3.04. The van der Waals surface area contributed by atoms with Gasteiger partial charge in [0.1, 0.15) is 5.25 Å². The summed E-state index contributed by atoms with van der Waals surface area (Å²) in [6.45, 7) is 1.90. The zero-order valence-corrected chi connectivity index (χ0v) is 9.91. The van der Waals surface area contributed by atoms with Crippen molar-refractivity contribution in [3.05, 3.63) is 35.9 Å². The van der Waals surface area contributed by atoms with Crippen molar-refractivity contribution < 1.29 is 9.90 Å². The molecular formula is C11H16N2O2S. The molecule has 88 valence electrons. The van der Waals surface area contributed by atoms with Gasteiger partial charge in [-0.05, 0) is 5.56 Å². The lowest BCUT2D eigenvalue weighted by atomic mass is 10.1. The number of hydrazine groups is 1. The van der Waals surface area contributed by atoms with Gasteiger partial charge in [-0.15, -0.1) is 11.8 Å². The molecule has 0 heterocycles. The molecule has 1 amide bonds. The van der Waals surface area contributed by atoms with Gasteiger partial charge in [-0.3, -0.25) is 10.2 Å². The van der Waals surface area contributed by atoms with Gasteiger partial charge in [0.15, 0.2) is 0 Å². The molecule has 0 aliphatic heterocycles. The number of benzene rings is 1. The van der Waals surface area contributed by atoms with Gasteiger partial charge in [-0.2, -0.15) is 0 Å². The van der Waals surface area contributed by atoms with E-state index in [0.29, 0.717) is 0 Å². The number of thioether (sulfide) groups is 1. The van der Waals surface area contributed by atoms with Crippen LogP contribution in [0.1, 0.15) is 17.7 Å².